The molecule has 1 rings (SSSR count). The van der Waals surface area contributed by atoms with Crippen molar-refractivity contribution in [2.75, 3.05) is 13.6 Å². The molecule has 0 bridgehead atoms. The molecule has 5 nitrogen and oxygen atoms in total. The zero-order valence-electron chi connectivity index (χ0n) is 11.3. The molecule has 0 spiro atoms. The molecule has 0 aliphatic heterocycles. The van der Waals surface area contributed by atoms with Crippen LogP contribution >= 0.6 is 0 Å². The first-order chi connectivity index (χ1) is 8.04. The van der Waals surface area contributed by atoms with Gasteiger partial charge in [0, 0.05) is 25.2 Å². The maximum atomic E-state index is 5.12. The lowest BCUT2D eigenvalue weighted by Gasteiger charge is -2.14. The highest BCUT2D eigenvalue weighted by atomic mass is 16.5. The molecule has 96 valence electrons. The number of hydrogen-bond donors (Lipinski definition) is 2. The fourth-order valence-electron chi connectivity index (χ4n) is 1.63. The zero-order valence-corrected chi connectivity index (χ0v) is 11.3. The van der Waals surface area contributed by atoms with Gasteiger partial charge in [-0.2, -0.15) is 0 Å². The summed E-state index contributed by atoms with van der Waals surface area (Å²) in [5, 5.41) is 10.4. The summed E-state index contributed by atoms with van der Waals surface area (Å²) < 4.78 is 5.12. The normalized spacial score (nSPS) is 12.0. The van der Waals surface area contributed by atoms with Crippen LogP contribution < -0.4 is 10.6 Å². The Bertz CT molecular complexity index is 362. The highest BCUT2D eigenvalue weighted by molar-refractivity contribution is 5.79. The Hall–Kier alpha value is -1.52. The van der Waals surface area contributed by atoms with Gasteiger partial charge in [-0.25, -0.2) is 0 Å². The van der Waals surface area contributed by atoms with E-state index in [2.05, 4.69) is 34.6 Å². The van der Waals surface area contributed by atoms with Crippen LogP contribution in [-0.2, 0) is 6.42 Å². The van der Waals surface area contributed by atoms with Crippen molar-refractivity contribution in [1.82, 2.24) is 15.8 Å². The number of aliphatic imine (C=N–C) groups is 1. The first-order valence-corrected chi connectivity index (χ1v) is 5.93. The van der Waals surface area contributed by atoms with E-state index in [-0.39, 0.29) is 0 Å². The van der Waals surface area contributed by atoms with Crippen LogP contribution in [-0.4, -0.2) is 30.8 Å². The maximum absolute atomic E-state index is 5.12. The largest absolute Gasteiger partial charge is 0.361 e. The van der Waals surface area contributed by atoms with Crippen molar-refractivity contribution in [1.29, 1.82) is 0 Å². The summed E-state index contributed by atoms with van der Waals surface area (Å²) in [7, 11) is 1.77. The van der Waals surface area contributed by atoms with E-state index < -0.39 is 0 Å². The lowest BCUT2D eigenvalue weighted by atomic mass is 10.1. The minimum atomic E-state index is 0.375. The summed E-state index contributed by atoms with van der Waals surface area (Å²) in [6.07, 6.45) is 0.889. The van der Waals surface area contributed by atoms with E-state index in [0.29, 0.717) is 6.04 Å². The quantitative estimate of drug-likeness (QED) is 0.615. The van der Waals surface area contributed by atoms with Gasteiger partial charge in [0.1, 0.15) is 5.76 Å². The van der Waals surface area contributed by atoms with Crippen LogP contribution in [0.3, 0.4) is 0 Å². The van der Waals surface area contributed by atoms with E-state index in [0.717, 1.165) is 30.4 Å². The first kappa shape index (κ1) is 13.5. The number of aromatic nitrogens is 1. The molecule has 0 radical (unpaired) electrons. The second-order valence-corrected chi connectivity index (χ2v) is 4.35. The molecule has 0 fully saturated rings. The average Bonchev–Trinajstić information content (AvgIpc) is 2.58. The van der Waals surface area contributed by atoms with E-state index >= 15 is 0 Å². The summed E-state index contributed by atoms with van der Waals surface area (Å²) in [4.78, 5) is 4.15. The first-order valence-electron chi connectivity index (χ1n) is 5.93. The number of hydrogen-bond acceptors (Lipinski definition) is 3. The standard InChI is InChI=1S/C12H22N4O/c1-8(2)15-12(13-5)14-7-6-11-9(3)16-17-10(11)4/h8H,6-7H2,1-5H3,(H2,13,14,15). The van der Waals surface area contributed by atoms with Crippen LogP contribution in [0.2, 0.25) is 0 Å². The molecule has 0 amide bonds. The Morgan fingerprint density at radius 3 is 2.59 bits per heavy atom. The topological polar surface area (TPSA) is 62.5 Å². The molecular weight excluding hydrogens is 216 g/mol. The molecule has 5 heteroatoms. The molecule has 1 aromatic rings. The van der Waals surface area contributed by atoms with Crippen LogP contribution in [0.4, 0.5) is 0 Å². The van der Waals surface area contributed by atoms with Crippen molar-refractivity contribution in [3.05, 3.63) is 17.0 Å². The second-order valence-electron chi connectivity index (χ2n) is 4.35. The van der Waals surface area contributed by atoms with E-state index in [1.165, 1.54) is 5.56 Å². The molecular formula is C12H22N4O. The van der Waals surface area contributed by atoms with Gasteiger partial charge in [-0.1, -0.05) is 5.16 Å². The SMILES string of the molecule is CN=C(NCCc1c(C)noc1C)NC(C)C. The fraction of sp³-hybridized carbons (Fsp3) is 0.667. The van der Waals surface area contributed by atoms with E-state index in [4.69, 9.17) is 4.52 Å². The lowest BCUT2D eigenvalue weighted by Crippen LogP contribution is -2.41. The van der Waals surface area contributed by atoms with Gasteiger partial charge in [-0.05, 0) is 34.1 Å². The maximum Gasteiger partial charge on any atom is 0.191 e. The Kier molecular flexibility index (Phi) is 5.00. The highest BCUT2D eigenvalue weighted by Crippen LogP contribution is 2.11. The minimum absolute atomic E-state index is 0.375. The zero-order chi connectivity index (χ0) is 12.8. The van der Waals surface area contributed by atoms with E-state index in [1.807, 2.05) is 13.8 Å². The number of rotatable bonds is 4. The van der Waals surface area contributed by atoms with Gasteiger partial charge in [-0.15, -0.1) is 0 Å². The van der Waals surface area contributed by atoms with Crippen molar-refractivity contribution in [3.8, 4) is 0 Å². The van der Waals surface area contributed by atoms with Gasteiger partial charge in [0.2, 0.25) is 0 Å². The third kappa shape index (κ3) is 4.09. The molecule has 2 N–H and O–H groups in total. The third-order valence-electron chi connectivity index (χ3n) is 2.50. The molecule has 0 aliphatic carbocycles. The highest BCUT2D eigenvalue weighted by Gasteiger charge is 2.08. The minimum Gasteiger partial charge on any atom is -0.361 e. The monoisotopic (exact) mass is 238 g/mol. The van der Waals surface area contributed by atoms with Gasteiger partial charge in [0.05, 0.1) is 5.69 Å². The molecule has 1 aromatic heterocycles. The summed E-state index contributed by atoms with van der Waals surface area (Å²) in [5.74, 6) is 1.72. The van der Waals surface area contributed by atoms with E-state index in [1.54, 1.807) is 7.05 Å². The number of aryl methyl sites for hydroxylation is 2. The van der Waals surface area contributed by atoms with Gasteiger partial charge < -0.3 is 15.2 Å². The Morgan fingerprint density at radius 2 is 2.12 bits per heavy atom. The van der Waals surface area contributed by atoms with Crippen LogP contribution in [0.25, 0.3) is 0 Å². The van der Waals surface area contributed by atoms with Crippen LogP contribution in [0, 0.1) is 13.8 Å². The molecule has 17 heavy (non-hydrogen) atoms. The summed E-state index contributed by atoms with van der Waals surface area (Å²) >= 11 is 0. The molecule has 0 saturated heterocycles. The predicted octanol–water partition coefficient (Wildman–Crippen LogP) is 1.41. The average molecular weight is 238 g/mol. The second kappa shape index (κ2) is 6.27. The third-order valence-corrected chi connectivity index (χ3v) is 2.50. The van der Waals surface area contributed by atoms with Crippen LogP contribution in [0.5, 0.6) is 0 Å². The predicted molar refractivity (Wildman–Crippen MR) is 69.3 cm³/mol. The van der Waals surface area contributed by atoms with Gasteiger partial charge in [-0.3, -0.25) is 4.99 Å². The molecule has 0 aromatic carbocycles. The Balaban J connectivity index is 2.42. The smallest absolute Gasteiger partial charge is 0.191 e. The summed E-state index contributed by atoms with van der Waals surface area (Å²) in [5.41, 5.74) is 2.15. The van der Waals surface area contributed by atoms with Crippen LogP contribution in [0.1, 0.15) is 30.9 Å². The molecule has 0 aliphatic rings. The number of nitrogens with one attached hydrogen (secondary N) is 2. The fourth-order valence-corrected chi connectivity index (χ4v) is 1.63. The molecule has 1 heterocycles. The Labute approximate surface area is 103 Å². The van der Waals surface area contributed by atoms with E-state index in [9.17, 15) is 0 Å². The van der Waals surface area contributed by atoms with Gasteiger partial charge in [0.25, 0.3) is 0 Å². The number of guanidine groups is 1. The van der Waals surface area contributed by atoms with Crippen molar-refractivity contribution in [2.24, 2.45) is 4.99 Å². The molecule has 0 unspecified atom stereocenters. The van der Waals surface area contributed by atoms with Gasteiger partial charge in [0.15, 0.2) is 5.96 Å². The lowest BCUT2D eigenvalue weighted by molar-refractivity contribution is 0.392. The van der Waals surface area contributed by atoms with Crippen molar-refractivity contribution in [2.45, 2.75) is 40.2 Å². The molecule has 0 saturated carbocycles. The summed E-state index contributed by atoms with van der Waals surface area (Å²) in [6.45, 7) is 8.89. The van der Waals surface area contributed by atoms with Crippen molar-refractivity contribution < 1.29 is 4.52 Å². The molecule has 0 atom stereocenters. The number of nitrogens with zero attached hydrogens (tertiary/aromatic N) is 2. The van der Waals surface area contributed by atoms with Crippen molar-refractivity contribution >= 4 is 5.96 Å². The van der Waals surface area contributed by atoms with Crippen LogP contribution in [0.15, 0.2) is 9.52 Å². The van der Waals surface area contributed by atoms with Gasteiger partial charge >= 0.3 is 0 Å². The summed E-state index contributed by atoms with van der Waals surface area (Å²) in [6, 6.07) is 0.375. The van der Waals surface area contributed by atoms with Crippen molar-refractivity contribution in [3.63, 3.8) is 0 Å². The Morgan fingerprint density at radius 1 is 1.41 bits per heavy atom.